The molecule has 1 aliphatic rings. The number of hydrogen-bond acceptors (Lipinski definition) is 1. The largest absolute Gasteiger partial charge is 0.393 e. The van der Waals surface area contributed by atoms with Crippen LogP contribution >= 0.6 is 0 Å². The van der Waals surface area contributed by atoms with Crippen LogP contribution in [0.5, 0.6) is 0 Å². The maximum absolute atomic E-state index is 9.65. The van der Waals surface area contributed by atoms with Gasteiger partial charge in [-0.25, -0.2) is 0 Å². The van der Waals surface area contributed by atoms with Gasteiger partial charge in [-0.05, 0) is 30.6 Å². The molecular formula is C10H20O. The molecule has 1 rings (SSSR count). The van der Waals surface area contributed by atoms with Gasteiger partial charge in [-0.1, -0.05) is 27.2 Å². The molecule has 1 N–H and O–H groups in total. The van der Waals surface area contributed by atoms with Crippen LogP contribution in [-0.2, 0) is 0 Å². The van der Waals surface area contributed by atoms with E-state index in [1.807, 2.05) is 0 Å². The summed E-state index contributed by atoms with van der Waals surface area (Å²) < 4.78 is 0. The van der Waals surface area contributed by atoms with Crippen molar-refractivity contribution in [3.63, 3.8) is 0 Å². The zero-order chi connectivity index (χ0) is 8.43. The van der Waals surface area contributed by atoms with E-state index in [0.717, 1.165) is 12.3 Å². The maximum Gasteiger partial charge on any atom is 0.0570 e. The molecule has 0 spiro atoms. The summed E-state index contributed by atoms with van der Waals surface area (Å²) in [6.45, 7) is 6.65. The first-order chi connectivity index (χ1) is 5.15. The smallest absolute Gasteiger partial charge is 0.0570 e. The Morgan fingerprint density at radius 1 is 1.27 bits per heavy atom. The van der Waals surface area contributed by atoms with Crippen LogP contribution in [0.3, 0.4) is 0 Å². The van der Waals surface area contributed by atoms with Gasteiger partial charge in [0.1, 0.15) is 0 Å². The summed E-state index contributed by atoms with van der Waals surface area (Å²) >= 11 is 0. The van der Waals surface area contributed by atoms with E-state index in [-0.39, 0.29) is 6.10 Å². The van der Waals surface area contributed by atoms with Crippen LogP contribution in [0, 0.1) is 17.8 Å². The summed E-state index contributed by atoms with van der Waals surface area (Å²) in [5.74, 6) is 2.00. The second-order valence-corrected chi connectivity index (χ2v) is 4.15. The Morgan fingerprint density at radius 2 is 1.91 bits per heavy atom. The Hall–Kier alpha value is -0.0400. The van der Waals surface area contributed by atoms with E-state index in [9.17, 15) is 5.11 Å². The minimum atomic E-state index is -0.0382. The Kier molecular flexibility index (Phi) is 2.94. The first kappa shape index (κ1) is 9.05. The van der Waals surface area contributed by atoms with Crippen LogP contribution in [0.2, 0.25) is 0 Å². The van der Waals surface area contributed by atoms with Crippen molar-refractivity contribution in [1.29, 1.82) is 0 Å². The van der Waals surface area contributed by atoms with Crippen LogP contribution in [0.15, 0.2) is 0 Å². The molecule has 0 heterocycles. The normalized spacial score (nSPS) is 45.8. The quantitative estimate of drug-likeness (QED) is 0.618. The monoisotopic (exact) mass is 156 g/mol. The van der Waals surface area contributed by atoms with Gasteiger partial charge in [-0.15, -0.1) is 0 Å². The lowest BCUT2D eigenvalue weighted by Gasteiger charge is -2.35. The zero-order valence-corrected chi connectivity index (χ0v) is 7.88. The van der Waals surface area contributed by atoms with Crippen molar-refractivity contribution >= 4 is 0 Å². The topological polar surface area (TPSA) is 20.2 Å². The number of aliphatic hydroxyl groups excluding tert-OH is 1. The number of aliphatic hydroxyl groups is 1. The molecule has 0 radical (unpaired) electrons. The lowest BCUT2D eigenvalue weighted by Crippen LogP contribution is -2.33. The van der Waals surface area contributed by atoms with Gasteiger partial charge in [-0.2, -0.15) is 0 Å². The number of hydrogen-bond donors (Lipinski definition) is 1. The lowest BCUT2D eigenvalue weighted by molar-refractivity contribution is 0.0206. The third kappa shape index (κ3) is 1.96. The van der Waals surface area contributed by atoms with Crippen molar-refractivity contribution in [1.82, 2.24) is 0 Å². The van der Waals surface area contributed by atoms with E-state index in [2.05, 4.69) is 20.8 Å². The first-order valence-electron chi connectivity index (χ1n) is 4.83. The molecule has 0 amide bonds. The second kappa shape index (κ2) is 3.57. The van der Waals surface area contributed by atoms with Gasteiger partial charge in [0.15, 0.2) is 0 Å². The molecule has 66 valence electrons. The van der Waals surface area contributed by atoms with E-state index in [1.54, 1.807) is 0 Å². The summed E-state index contributed by atoms with van der Waals surface area (Å²) in [7, 11) is 0. The second-order valence-electron chi connectivity index (χ2n) is 4.15. The number of rotatable bonds is 1. The summed E-state index contributed by atoms with van der Waals surface area (Å²) in [6, 6.07) is 0. The fourth-order valence-electron chi connectivity index (χ4n) is 2.11. The van der Waals surface area contributed by atoms with Gasteiger partial charge in [0, 0.05) is 0 Å². The fraction of sp³-hybridized carbons (Fsp3) is 1.00. The minimum absolute atomic E-state index is 0.0382. The standard InChI is InChI=1S/C10H20O/c1-4-9-5-7(2)8(3)10(11)6-9/h7-11H,4-6H2,1-3H3/t7?,8-,9?,10-/m0/s1. The van der Waals surface area contributed by atoms with Gasteiger partial charge in [0.05, 0.1) is 6.10 Å². The van der Waals surface area contributed by atoms with Crippen LogP contribution in [0.4, 0.5) is 0 Å². The van der Waals surface area contributed by atoms with E-state index in [0.29, 0.717) is 11.8 Å². The van der Waals surface area contributed by atoms with Gasteiger partial charge in [0.25, 0.3) is 0 Å². The van der Waals surface area contributed by atoms with Gasteiger partial charge in [-0.3, -0.25) is 0 Å². The van der Waals surface area contributed by atoms with Gasteiger partial charge >= 0.3 is 0 Å². The van der Waals surface area contributed by atoms with Gasteiger partial charge < -0.3 is 5.11 Å². The third-order valence-electron chi connectivity index (χ3n) is 3.36. The molecule has 0 saturated heterocycles. The molecular weight excluding hydrogens is 136 g/mol. The maximum atomic E-state index is 9.65. The molecule has 0 aromatic heterocycles. The Labute approximate surface area is 69.8 Å². The molecule has 1 aliphatic carbocycles. The lowest BCUT2D eigenvalue weighted by atomic mass is 9.73. The molecule has 0 aliphatic heterocycles. The van der Waals surface area contributed by atoms with Gasteiger partial charge in [0.2, 0.25) is 0 Å². The van der Waals surface area contributed by atoms with Crippen LogP contribution in [0.1, 0.15) is 40.0 Å². The van der Waals surface area contributed by atoms with E-state index < -0.39 is 0 Å². The predicted molar refractivity (Wildman–Crippen MR) is 47.3 cm³/mol. The SMILES string of the molecule is CCC1CC(C)[C@H](C)[C@@H](O)C1. The highest BCUT2D eigenvalue weighted by molar-refractivity contribution is 4.80. The van der Waals surface area contributed by atoms with Crippen molar-refractivity contribution < 1.29 is 5.11 Å². The summed E-state index contributed by atoms with van der Waals surface area (Å²) in [4.78, 5) is 0. The van der Waals surface area contributed by atoms with E-state index in [4.69, 9.17) is 0 Å². The molecule has 0 aromatic carbocycles. The predicted octanol–water partition coefficient (Wildman–Crippen LogP) is 2.44. The van der Waals surface area contributed by atoms with Crippen molar-refractivity contribution in [3.8, 4) is 0 Å². The highest BCUT2D eigenvalue weighted by atomic mass is 16.3. The third-order valence-corrected chi connectivity index (χ3v) is 3.36. The van der Waals surface area contributed by atoms with E-state index >= 15 is 0 Å². The molecule has 0 aromatic rings. The summed E-state index contributed by atoms with van der Waals surface area (Å²) in [5, 5.41) is 9.65. The van der Waals surface area contributed by atoms with Crippen LogP contribution in [0.25, 0.3) is 0 Å². The van der Waals surface area contributed by atoms with Crippen molar-refractivity contribution in [3.05, 3.63) is 0 Å². The van der Waals surface area contributed by atoms with Crippen molar-refractivity contribution in [2.24, 2.45) is 17.8 Å². The highest BCUT2D eigenvalue weighted by Gasteiger charge is 2.30. The Balaban J connectivity index is 2.47. The van der Waals surface area contributed by atoms with Crippen LogP contribution in [-0.4, -0.2) is 11.2 Å². The molecule has 2 unspecified atom stereocenters. The molecule has 11 heavy (non-hydrogen) atoms. The fourth-order valence-corrected chi connectivity index (χ4v) is 2.11. The van der Waals surface area contributed by atoms with Crippen molar-refractivity contribution in [2.75, 3.05) is 0 Å². The Morgan fingerprint density at radius 3 is 2.36 bits per heavy atom. The molecule has 0 bridgehead atoms. The molecule has 1 fully saturated rings. The molecule has 1 saturated carbocycles. The molecule has 1 heteroatoms. The molecule has 4 atom stereocenters. The summed E-state index contributed by atoms with van der Waals surface area (Å²) in [5.41, 5.74) is 0. The highest BCUT2D eigenvalue weighted by Crippen LogP contribution is 2.34. The first-order valence-corrected chi connectivity index (χ1v) is 4.83. The zero-order valence-electron chi connectivity index (χ0n) is 7.88. The Bertz CT molecular complexity index is 110. The van der Waals surface area contributed by atoms with E-state index in [1.165, 1.54) is 12.8 Å². The van der Waals surface area contributed by atoms with Crippen LogP contribution < -0.4 is 0 Å². The molecule has 1 nitrogen and oxygen atoms in total. The minimum Gasteiger partial charge on any atom is -0.393 e. The average Bonchev–Trinajstić information content (AvgIpc) is 1.99. The van der Waals surface area contributed by atoms with Crippen molar-refractivity contribution in [2.45, 2.75) is 46.1 Å². The summed E-state index contributed by atoms with van der Waals surface area (Å²) in [6.07, 6.45) is 3.54. The average molecular weight is 156 g/mol.